The lowest BCUT2D eigenvalue weighted by Crippen LogP contribution is -2.43. The highest BCUT2D eigenvalue weighted by molar-refractivity contribution is 5.98. The molecule has 2 saturated heterocycles. The van der Waals surface area contributed by atoms with E-state index in [1.165, 1.54) is 0 Å². The highest BCUT2D eigenvalue weighted by Crippen LogP contribution is 2.23. The van der Waals surface area contributed by atoms with Crippen molar-refractivity contribution >= 4 is 41.2 Å². The van der Waals surface area contributed by atoms with Crippen molar-refractivity contribution in [3.63, 3.8) is 0 Å². The number of anilines is 2. The van der Waals surface area contributed by atoms with Gasteiger partial charge < -0.3 is 20.9 Å². The molecule has 2 fully saturated rings. The van der Waals surface area contributed by atoms with Gasteiger partial charge in [0.1, 0.15) is 6.04 Å². The van der Waals surface area contributed by atoms with E-state index < -0.39 is 6.04 Å². The van der Waals surface area contributed by atoms with Gasteiger partial charge in [-0.3, -0.25) is 14.4 Å². The number of amides is 3. The molecule has 1 aliphatic carbocycles. The van der Waals surface area contributed by atoms with Crippen molar-refractivity contribution in [2.45, 2.75) is 57.0 Å². The number of likely N-dealkylation sites (tertiary alicyclic amines) is 1. The van der Waals surface area contributed by atoms with Crippen LogP contribution in [0, 0.1) is 0 Å². The molecule has 7 nitrogen and oxygen atoms in total. The van der Waals surface area contributed by atoms with Crippen LogP contribution < -0.4 is 16.0 Å². The number of nitrogens with zero attached hydrogens (tertiary/aromatic N) is 1. The van der Waals surface area contributed by atoms with Crippen LogP contribution in [0.5, 0.6) is 0 Å². The molecular weight excluding hydrogens is 488 g/mol. The van der Waals surface area contributed by atoms with Crippen LogP contribution in [0.4, 0.5) is 11.4 Å². The first-order chi connectivity index (χ1) is 19.0. The number of hydrogen-bond acceptors (Lipinski definition) is 4. The second-order valence-corrected chi connectivity index (χ2v) is 10.4. The largest absolute Gasteiger partial charge is 0.330 e. The number of carbonyl (C=O) groups excluding carboxylic acids is 3. The van der Waals surface area contributed by atoms with E-state index in [1.54, 1.807) is 4.90 Å². The quantitative estimate of drug-likeness (QED) is 0.417. The number of allylic oxidation sites excluding steroid dienone is 3. The SMILES string of the molecule is O=C(Nc1ccc(/C=C/c2ccc(NC(=O)[C@@H]3CCCN3C(=O)CC3=CCCC=C3)cc2)cc1)[C@@H]1CCCN1. The Kier molecular flexibility index (Phi) is 8.68. The van der Waals surface area contributed by atoms with Crippen LogP contribution in [-0.4, -0.2) is 47.8 Å². The molecule has 0 unspecified atom stereocenters. The van der Waals surface area contributed by atoms with Crippen LogP contribution in [0.1, 0.15) is 56.1 Å². The first-order valence-corrected chi connectivity index (χ1v) is 13.9. The standard InChI is InChI=1S/C32H36N4O3/c37-30(22-25-6-2-1-3-7-25)36-21-5-9-29(36)32(39)35-27-18-14-24(15-19-27)11-10-23-12-16-26(17-13-23)34-31(38)28-8-4-20-33-28/h2,6-7,10-19,28-29,33H,1,3-5,8-9,20-22H2,(H,34,38)(H,35,39)/b11-10+/t28-,29-/m0/s1. The first kappa shape index (κ1) is 26.6. The molecule has 3 N–H and O–H groups in total. The maximum Gasteiger partial charge on any atom is 0.247 e. The summed E-state index contributed by atoms with van der Waals surface area (Å²) in [6, 6.07) is 14.9. The van der Waals surface area contributed by atoms with Crippen molar-refractivity contribution in [1.29, 1.82) is 0 Å². The molecule has 3 amide bonds. The monoisotopic (exact) mass is 524 g/mol. The van der Waals surface area contributed by atoms with Gasteiger partial charge in [0.15, 0.2) is 0 Å². The number of nitrogens with one attached hydrogen (secondary N) is 3. The minimum atomic E-state index is -0.424. The summed E-state index contributed by atoms with van der Waals surface area (Å²) in [5.41, 5.74) is 4.57. The van der Waals surface area contributed by atoms with E-state index in [0.717, 1.165) is 61.0 Å². The Morgan fingerprint density at radius 2 is 1.51 bits per heavy atom. The summed E-state index contributed by atoms with van der Waals surface area (Å²) in [5.74, 6) is -0.0925. The van der Waals surface area contributed by atoms with Gasteiger partial charge in [-0.1, -0.05) is 54.6 Å². The number of carbonyl (C=O) groups is 3. The lowest BCUT2D eigenvalue weighted by Gasteiger charge is -2.24. The molecule has 202 valence electrons. The van der Waals surface area contributed by atoms with Crippen LogP contribution in [-0.2, 0) is 14.4 Å². The summed E-state index contributed by atoms with van der Waals surface area (Å²) in [7, 11) is 0. The van der Waals surface area contributed by atoms with Gasteiger partial charge in [-0.2, -0.15) is 0 Å². The van der Waals surface area contributed by atoms with Gasteiger partial charge >= 0.3 is 0 Å². The summed E-state index contributed by atoms with van der Waals surface area (Å²) in [6.07, 6.45) is 16.0. The molecule has 2 aliphatic heterocycles. The Labute approximate surface area is 230 Å². The van der Waals surface area contributed by atoms with Gasteiger partial charge in [-0.05, 0) is 86.0 Å². The zero-order chi connectivity index (χ0) is 27.0. The average Bonchev–Trinajstić information content (AvgIpc) is 3.67. The topological polar surface area (TPSA) is 90.5 Å². The molecule has 2 atom stereocenters. The molecule has 2 heterocycles. The summed E-state index contributed by atoms with van der Waals surface area (Å²) in [4.78, 5) is 39.9. The first-order valence-electron chi connectivity index (χ1n) is 13.9. The van der Waals surface area contributed by atoms with Gasteiger partial charge in [0, 0.05) is 17.9 Å². The minimum Gasteiger partial charge on any atom is -0.330 e. The Morgan fingerprint density at radius 1 is 0.846 bits per heavy atom. The molecule has 5 rings (SSSR count). The normalized spacial score (nSPS) is 20.7. The average molecular weight is 525 g/mol. The Hall–Kier alpha value is -3.97. The van der Waals surface area contributed by atoms with E-state index in [2.05, 4.69) is 28.1 Å². The Bertz CT molecular complexity index is 1270. The third-order valence-corrected chi connectivity index (χ3v) is 7.50. The fourth-order valence-electron chi connectivity index (χ4n) is 5.32. The van der Waals surface area contributed by atoms with E-state index in [4.69, 9.17) is 0 Å². The van der Waals surface area contributed by atoms with E-state index in [-0.39, 0.29) is 23.8 Å². The maximum atomic E-state index is 13.0. The number of rotatable bonds is 8. The van der Waals surface area contributed by atoms with Gasteiger partial charge in [0.25, 0.3) is 0 Å². The van der Waals surface area contributed by atoms with Crippen LogP contribution in [0.25, 0.3) is 12.2 Å². The molecule has 0 radical (unpaired) electrons. The second-order valence-electron chi connectivity index (χ2n) is 10.4. The predicted molar refractivity (Wildman–Crippen MR) is 156 cm³/mol. The molecule has 3 aliphatic rings. The minimum absolute atomic E-state index is 0.0183. The van der Waals surface area contributed by atoms with Crippen molar-refractivity contribution in [2.24, 2.45) is 0 Å². The second kappa shape index (κ2) is 12.7. The lowest BCUT2D eigenvalue weighted by molar-refractivity contribution is -0.136. The van der Waals surface area contributed by atoms with Crippen LogP contribution in [0.15, 0.2) is 72.3 Å². The van der Waals surface area contributed by atoms with E-state index in [0.29, 0.717) is 25.1 Å². The highest BCUT2D eigenvalue weighted by atomic mass is 16.2. The van der Waals surface area contributed by atoms with E-state index in [1.807, 2.05) is 66.8 Å². The number of hydrogen-bond donors (Lipinski definition) is 3. The van der Waals surface area contributed by atoms with Gasteiger partial charge in [0.05, 0.1) is 12.5 Å². The van der Waals surface area contributed by atoms with Gasteiger partial charge in [-0.15, -0.1) is 0 Å². The van der Waals surface area contributed by atoms with Crippen molar-refractivity contribution in [3.8, 4) is 0 Å². The lowest BCUT2D eigenvalue weighted by atomic mass is 10.0. The molecule has 7 heteroatoms. The zero-order valence-corrected chi connectivity index (χ0v) is 22.2. The van der Waals surface area contributed by atoms with Crippen molar-refractivity contribution in [3.05, 3.63) is 83.5 Å². The number of benzene rings is 2. The Balaban J connectivity index is 1.12. The van der Waals surface area contributed by atoms with Gasteiger partial charge in [-0.25, -0.2) is 0 Å². The van der Waals surface area contributed by atoms with E-state index in [9.17, 15) is 14.4 Å². The molecular formula is C32H36N4O3. The summed E-state index contributed by atoms with van der Waals surface area (Å²) < 4.78 is 0. The van der Waals surface area contributed by atoms with Crippen LogP contribution in [0.3, 0.4) is 0 Å². The zero-order valence-electron chi connectivity index (χ0n) is 22.2. The molecule has 39 heavy (non-hydrogen) atoms. The summed E-state index contributed by atoms with van der Waals surface area (Å²) >= 11 is 0. The van der Waals surface area contributed by atoms with Crippen LogP contribution >= 0.6 is 0 Å². The fraction of sp³-hybridized carbons (Fsp3) is 0.344. The fourth-order valence-corrected chi connectivity index (χ4v) is 5.32. The molecule has 2 aromatic carbocycles. The molecule has 0 aromatic heterocycles. The van der Waals surface area contributed by atoms with E-state index >= 15 is 0 Å². The summed E-state index contributed by atoms with van der Waals surface area (Å²) in [6.45, 7) is 1.52. The summed E-state index contributed by atoms with van der Waals surface area (Å²) in [5, 5.41) is 9.17. The van der Waals surface area contributed by atoms with Crippen LogP contribution in [0.2, 0.25) is 0 Å². The van der Waals surface area contributed by atoms with Crippen molar-refractivity contribution in [1.82, 2.24) is 10.2 Å². The molecule has 0 saturated carbocycles. The predicted octanol–water partition coefficient (Wildman–Crippen LogP) is 5.14. The maximum absolute atomic E-state index is 13.0. The van der Waals surface area contributed by atoms with Crippen molar-refractivity contribution in [2.75, 3.05) is 23.7 Å². The van der Waals surface area contributed by atoms with Gasteiger partial charge in [0.2, 0.25) is 17.7 Å². The molecule has 2 aromatic rings. The third kappa shape index (κ3) is 7.12. The third-order valence-electron chi connectivity index (χ3n) is 7.50. The van der Waals surface area contributed by atoms with Crippen molar-refractivity contribution < 1.29 is 14.4 Å². The molecule has 0 spiro atoms. The highest BCUT2D eigenvalue weighted by Gasteiger charge is 2.34. The smallest absolute Gasteiger partial charge is 0.247 e. The molecule has 0 bridgehead atoms. The Morgan fingerprint density at radius 3 is 2.10 bits per heavy atom.